The molecule has 2 aromatic carbocycles. The SMILES string of the molecule is Cl.NC(CC(=O)NCc1ccc(COCC(F)(F)F)cc1)c1ccccc1. The van der Waals surface area contributed by atoms with E-state index < -0.39 is 12.8 Å². The zero-order chi connectivity index (χ0) is 19.0. The number of hydrogen-bond donors (Lipinski definition) is 2. The molecule has 4 nitrogen and oxygen atoms in total. The lowest BCUT2D eigenvalue weighted by Gasteiger charge is -2.12. The number of rotatable bonds is 8. The summed E-state index contributed by atoms with van der Waals surface area (Å²) in [5.74, 6) is -0.168. The lowest BCUT2D eigenvalue weighted by atomic mass is 10.0. The van der Waals surface area contributed by atoms with E-state index in [-0.39, 0.29) is 37.4 Å². The van der Waals surface area contributed by atoms with Gasteiger partial charge in [-0.2, -0.15) is 13.2 Å². The minimum atomic E-state index is -4.33. The van der Waals surface area contributed by atoms with Crippen molar-refractivity contribution in [2.45, 2.75) is 31.8 Å². The average molecular weight is 403 g/mol. The van der Waals surface area contributed by atoms with Crippen molar-refractivity contribution in [3.63, 3.8) is 0 Å². The molecular weight excluding hydrogens is 381 g/mol. The van der Waals surface area contributed by atoms with Crippen LogP contribution in [0.25, 0.3) is 0 Å². The molecule has 0 aliphatic heterocycles. The molecule has 0 aliphatic rings. The van der Waals surface area contributed by atoms with Crippen molar-refractivity contribution in [2.75, 3.05) is 6.61 Å². The van der Waals surface area contributed by atoms with Crippen LogP contribution in [0.2, 0.25) is 0 Å². The van der Waals surface area contributed by atoms with Crippen LogP contribution in [0.3, 0.4) is 0 Å². The van der Waals surface area contributed by atoms with Crippen molar-refractivity contribution in [2.24, 2.45) is 5.73 Å². The summed E-state index contributed by atoms with van der Waals surface area (Å²) in [6, 6.07) is 15.8. The Bertz CT molecular complexity index is 694. The number of amides is 1. The van der Waals surface area contributed by atoms with Crippen LogP contribution < -0.4 is 11.1 Å². The quantitative estimate of drug-likeness (QED) is 0.704. The maximum atomic E-state index is 12.0. The van der Waals surface area contributed by atoms with Crippen LogP contribution in [0.4, 0.5) is 13.2 Å². The van der Waals surface area contributed by atoms with Gasteiger partial charge in [-0.1, -0.05) is 54.6 Å². The van der Waals surface area contributed by atoms with E-state index in [0.717, 1.165) is 11.1 Å². The van der Waals surface area contributed by atoms with Gasteiger partial charge in [-0.15, -0.1) is 12.4 Å². The van der Waals surface area contributed by atoms with Crippen molar-refractivity contribution in [1.82, 2.24) is 5.32 Å². The van der Waals surface area contributed by atoms with Crippen molar-refractivity contribution in [1.29, 1.82) is 0 Å². The highest BCUT2D eigenvalue weighted by atomic mass is 35.5. The van der Waals surface area contributed by atoms with Crippen molar-refractivity contribution in [3.8, 4) is 0 Å². The van der Waals surface area contributed by atoms with Gasteiger partial charge in [0.1, 0.15) is 6.61 Å². The average Bonchev–Trinajstić information content (AvgIpc) is 2.61. The van der Waals surface area contributed by atoms with Crippen molar-refractivity contribution in [3.05, 3.63) is 71.3 Å². The lowest BCUT2D eigenvalue weighted by Crippen LogP contribution is -2.27. The molecule has 0 aromatic heterocycles. The van der Waals surface area contributed by atoms with Crippen LogP contribution in [0, 0.1) is 0 Å². The number of nitrogens with two attached hydrogens (primary N) is 1. The first-order chi connectivity index (χ1) is 12.3. The Hall–Kier alpha value is -2.09. The van der Waals surface area contributed by atoms with Gasteiger partial charge in [-0.05, 0) is 16.7 Å². The zero-order valence-corrected chi connectivity index (χ0v) is 15.4. The predicted octanol–water partition coefficient (Wildman–Crippen LogP) is 3.89. The van der Waals surface area contributed by atoms with Crippen molar-refractivity contribution < 1.29 is 22.7 Å². The molecule has 1 amide bonds. The summed E-state index contributed by atoms with van der Waals surface area (Å²) < 4.78 is 40.7. The Morgan fingerprint density at radius 2 is 1.63 bits per heavy atom. The van der Waals surface area contributed by atoms with Gasteiger partial charge >= 0.3 is 6.18 Å². The predicted molar refractivity (Wildman–Crippen MR) is 99.2 cm³/mol. The van der Waals surface area contributed by atoms with Crippen LogP contribution in [-0.4, -0.2) is 18.7 Å². The van der Waals surface area contributed by atoms with Crippen molar-refractivity contribution >= 4 is 18.3 Å². The summed E-state index contributed by atoms with van der Waals surface area (Å²) in [6.45, 7) is -1.06. The molecule has 8 heteroatoms. The van der Waals surface area contributed by atoms with E-state index in [1.54, 1.807) is 24.3 Å². The number of carbonyl (C=O) groups is 1. The van der Waals surface area contributed by atoms with Gasteiger partial charge in [0.05, 0.1) is 6.61 Å². The maximum Gasteiger partial charge on any atom is 0.411 e. The van der Waals surface area contributed by atoms with E-state index in [2.05, 4.69) is 10.1 Å². The third-order valence-electron chi connectivity index (χ3n) is 3.68. The Balaban J connectivity index is 0.00000364. The zero-order valence-electron chi connectivity index (χ0n) is 14.5. The fourth-order valence-electron chi connectivity index (χ4n) is 2.33. The molecule has 148 valence electrons. The van der Waals surface area contributed by atoms with E-state index in [4.69, 9.17) is 5.73 Å². The highest BCUT2D eigenvalue weighted by molar-refractivity contribution is 5.85. The monoisotopic (exact) mass is 402 g/mol. The Labute approximate surface area is 162 Å². The fraction of sp³-hybridized carbons (Fsp3) is 0.316. The first-order valence-corrected chi connectivity index (χ1v) is 8.13. The van der Waals surface area contributed by atoms with Gasteiger partial charge in [0.15, 0.2) is 0 Å². The number of halogens is 4. The summed E-state index contributed by atoms with van der Waals surface area (Å²) in [4.78, 5) is 12.0. The molecule has 0 spiro atoms. The number of ether oxygens (including phenoxy) is 1. The molecule has 2 aromatic rings. The van der Waals surface area contributed by atoms with E-state index in [1.165, 1.54) is 0 Å². The molecule has 0 saturated heterocycles. The molecule has 0 aliphatic carbocycles. The molecule has 1 unspecified atom stereocenters. The molecule has 27 heavy (non-hydrogen) atoms. The first kappa shape index (κ1) is 23.0. The Kier molecular flexibility index (Phi) is 9.28. The second kappa shape index (κ2) is 10.9. The topological polar surface area (TPSA) is 64.4 Å². The molecule has 0 bridgehead atoms. The molecule has 3 N–H and O–H groups in total. The summed E-state index contributed by atoms with van der Waals surface area (Å²) in [5.41, 5.74) is 8.38. The van der Waals surface area contributed by atoms with Crippen LogP contribution in [-0.2, 0) is 22.7 Å². The maximum absolute atomic E-state index is 12.0. The Morgan fingerprint density at radius 1 is 1.04 bits per heavy atom. The van der Waals surface area contributed by atoms with Gasteiger partial charge in [-0.3, -0.25) is 4.79 Å². The molecule has 2 rings (SSSR count). The van der Waals surface area contributed by atoms with Gasteiger partial charge in [0, 0.05) is 19.0 Å². The molecule has 1 atom stereocenters. The standard InChI is InChI=1S/C19H21F3N2O2.ClH/c20-19(21,22)13-26-12-15-8-6-14(7-9-15)11-24-18(25)10-17(23)16-4-2-1-3-5-16;/h1-9,17H,10-13,23H2,(H,24,25);1H. The molecule has 0 fully saturated rings. The first-order valence-electron chi connectivity index (χ1n) is 8.13. The molecule has 0 saturated carbocycles. The van der Waals surface area contributed by atoms with E-state index in [0.29, 0.717) is 12.1 Å². The van der Waals surface area contributed by atoms with Gasteiger partial charge in [0.2, 0.25) is 5.91 Å². The molecule has 0 heterocycles. The number of hydrogen-bond acceptors (Lipinski definition) is 3. The minimum Gasteiger partial charge on any atom is -0.367 e. The smallest absolute Gasteiger partial charge is 0.367 e. The van der Waals surface area contributed by atoms with E-state index in [1.807, 2.05) is 30.3 Å². The highest BCUT2D eigenvalue weighted by Gasteiger charge is 2.27. The third-order valence-corrected chi connectivity index (χ3v) is 3.68. The van der Waals surface area contributed by atoms with Gasteiger partial charge < -0.3 is 15.8 Å². The van der Waals surface area contributed by atoms with Gasteiger partial charge in [0.25, 0.3) is 0 Å². The number of carbonyl (C=O) groups excluding carboxylic acids is 1. The van der Waals surface area contributed by atoms with Gasteiger partial charge in [-0.25, -0.2) is 0 Å². The number of nitrogens with one attached hydrogen (secondary N) is 1. The molecule has 0 radical (unpaired) electrons. The second-order valence-electron chi connectivity index (χ2n) is 5.92. The van der Waals surface area contributed by atoms with Crippen LogP contribution in [0.1, 0.15) is 29.2 Å². The van der Waals surface area contributed by atoms with Crippen LogP contribution in [0.15, 0.2) is 54.6 Å². The van der Waals surface area contributed by atoms with E-state index in [9.17, 15) is 18.0 Å². The highest BCUT2D eigenvalue weighted by Crippen LogP contribution is 2.16. The molecular formula is C19H22ClF3N2O2. The number of alkyl halides is 3. The summed E-state index contributed by atoms with van der Waals surface area (Å²) in [6.07, 6.45) is -4.15. The summed E-state index contributed by atoms with van der Waals surface area (Å²) in [7, 11) is 0. The summed E-state index contributed by atoms with van der Waals surface area (Å²) >= 11 is 0. The second-order valence-corrected chi connectivity index (χ2v) is 5.92. The Morgan fingerprint density at radius 3 is 2.22 bits per heavy atom. The largest absolute Gasteiger partial charge is 0.411 e. The third kappa shape index (κ3) is 8.90. The minimum absolute atomic E-state index is 0. The lowest BCUT2D eigenvalue weighted by molar-refractivity contribution is -0.176. The summed E-state index contributed by atoms with van der Waals surface area (Å²) in [5, 5.41) is 2.78. The normalized spacial score (nSPS) is 12.1. The van der Waals surface area contributed by atoms with E-state index >= 15 is 0 Å². The fourth-order valence-corrected chi connectivity index (χ4v) is 2.33. The number of benzene rings is 2. The van der Waals surface area contributed by atoms with Crippen LogP contribution in [0.5, 0.6) is 0 Å². The van der Waals surface area contributed by atoms with Crippen LogP contribution >= 0.6 is 12.4 Å².